The minimum atomic E-state index is 0.239. The van der Waals surface area contributed by atoms with E-state index in [1.54, 1.807) is 19.2 Å². The van der Waals surface area contributed by atoms with Gasteiger partial charge in [-0.3, -0.25) is 0 Å². The molecule has 0 aliphatic carbocycles. The molecule has 3 rings (SSSR count). The summed E-state index contributed by atoms with van der Waals surface area (Å²) >= 11 is 5.69. The van der Waals surface area contributed by atoms with Crippen LogP contribution >= 0.6 is 12.2 Å². The van der Waals surface area contributed by atoms with Gasteiger partial charge >= 0.3 is 0 Å². The fourth-order valence-corrected chi connectivity index (χ4v) is 2.99. The summed E-state index contributed by atoms with van der Waals surface area (Å²) < 4.78 is 5.35. The Kier molecular flexibility index (Phi) is 5.94. The molecule has 0 aliphatic heterocycles. The smallest absolute Gasteiger partial charge is 0.178 e. The Bertz CT molecular complexity index is 926. The molecule has 3 aromatic carbocycles. The van der Waals surface area contributed by atoms with Gasteiger partial charge in [-0.05, 0) is 49.5 Å². The maximum absolute atomic E-state index is 10.2. The number of phenols is 1. The number of nitrogens with one attached hydrogen (secondary N) is 1. The molecule has 0 spiro atoms. The van der Waals surface area contributed by atoms with Crippen molar-refractivity contribution in [2.45, 2.75) is 13.5 Å². The molecule has 0 radical (unpaired) electrons. The van der Waals surface area contributed by atoms with Crippen molar-refractivity contribution >= 4 is 28.7 Å². The maximum atomic E-state index is 10.2. The Hall–Kier alpha value is -3.05. The number of aromatic hydroxyl groups is 1. The molecular formula is C22H22N2O2S. The van der Waals surface area contributed by atoms with E-state index < -0.39 is 0 Å². The summed E-state index contributed by atoms with van der Waals surface area (Å²) in [5, 5.41) is 14.0. The second kappa shape index (κ2) is 8.56. The van der Waals surface area contributed by atoms with Gasteiger partial charge in [0.2, 0.25) is 0 Å². The molecule has 27 heavy (non-hydrogen) atoms. The largest absolute Gasteiger partial charge is 0.508 e. The van der Waals surface area contributed by atoms with E-state index in [1.807, 2.05) is 72.5 Å². The number of ether oxygens (including phenoxy) is 1. The number of anilines is 2. The van der Waals surface area contributed by atoms with E-state index in [-0.39, 0.29) is 5.75 Å². The molecule has 0 amide bonds. The molecule has 4 nitrogen and oxygen atoms in total. The molecule has 5 heteroatoms. The highest BCUT2D eigenvalue weighted by molar-refractivity contribution is 7.80. The van der Waals surface area contributed by atoms with E-state index in [0.717, 1.165) is 22.7 Å². The van der Waals surface area contributed by atoms with Gasteiger partial charge in [-0.25, -0.2) is 0 Å². The zero-order chi connectivity index (χ0) is 19.2. The topological polar surface area (TPSA) is 44.7 Å². The Balaban J connectivity index is 1.91. The zero-order valence-electron chi connectivity index (χ0n) is 15.3. The fourth-order valence-electron chi connectivity index (χ4n) is 2.70. The minimum Gasteiger partial charge on any atom is -0.508 e. The molecule has 0 saturated carbocycles. The van der Waals surface area contributed by atoms with Crippen LogP contribution in [0.3, 0.4) is 0 Å². The SMILES string of the molecule is COc1cccc(N(Cc2ccccc2O)C(=S)Nc2ccc(C)cc2)c1. The molecule has 2 N–H and O–H groups in total. The molecular weight excluding hydrogens is 356 g/mol. The van der Waals surface area contributed by atoms with Crippen molar-refractivity contribution in [1.82, 2.24) is 0 Å². The van der Waals surface area contributed by atoms with Crippen LogP contribution in [0.5, 0.6) is 11.5 Å². The van der Waals surface area contributed by atoms with Gasteiger partial charge in [0.1, 0.15) is 11.5 Å². The summed E-state index contributed by atoms with van der Waals surface area (Å²) in [6, 6.07) is 23.0. The first-order chi connectivity index (χ1) is 13.1. The highest BCUT2D eigenvalue weighted by atomic mass is 32.1. The van der Waals surface area contributed by atoms with E-state index >= 15 is 0 Å². The summed E-state index contributed by atoms with van der Waals surface area (Å²) in [7, 11) is 1.63. The first kappa shape index (κ1) is 18.7. The van der Waals surface area contributed by atoms with Crippen LogP contribution < -0.4 is 15.0 Å². The zero-order valence-corrected chi connectivity index (χ0v) is 16.2. The Morgan fingerprint density at radius 2 is 1.78 bits per heavy atom. The van der Waals surface area contributed by atoms with Crippen molar-refractivity contribution in [3.63, 3.8) is 0 Å². The van der Waals surface area contributed by atoms with Gasteiger partial charge in [0.25, 0.3) is 0 Å². The number of para-hydroxylation sites is 1. The average Bonchev–Trinajstić information content (AvgIpc) is 2.69. The third-order valence-corrected chi connectivity index (χ3v) is 4.56. The van der Waals surface area contributed by atoms with Gasteiger partial charge in [0.05, 0.1) is 13.7 Å². The molecule has 0 aromatic heterocycles. The highest BCUT2D eigenvalue weighted by Gasteiger charge is 2.16. The van der Waals surface area contributed by atoms with Gasteiger partial charge in [-0.15, -0.1) is 0 Å². The lowest BCUT2D eigenvalue weighted by Gasteiger charge is -2.27. The van der Waals surface area contributed by atoms with Crippen molar-refractivity contribution in [1.29, 1.82) is 0 Å². The third-order valence-electron chi connectivity index (χ3n) is 4.23. The molecule has 3 aromatic rings. The standard InChI is InChI=1S/C22H22N2O2S/c1-16-10-12-18(13-11-16)23-22(27)24(15-17-6-3-4-9-21(17)25)19-7-5-8-20(14-19)26-2/h3-14,25H,15H2,1-2H3,(H,23,27). The summed E-state index contributed by atoms with van der Waals surface area (Å²) in [5.41, 5.74) is 3.76. The Morgan fingerprint density at radius 3 is 2.48 bits per heavy atom. The summed E-state index contributed by atoms with van der Waals surface area (Å²) in [6.45, 7) is 2.47. The van der Waals surface area contributed by atoms with Crippen molar-refractivity contribution in [3.8, 4) is 11.5 Å². The molecule has 0 fully saturated rings. The summed E-state index contributed by atoms with van der Waals surface area (Å²) in [6.07, 6.45) is 0. The molecule has 0 bridgehead atoms. The van der Waals surface area contributed by atoms with Crippen LogP contribution in [-0.2, 0) is 6.54 Å². The number of aryl methyl sites for hydroxylation is 1. The van der Waals surface area contributed by atoms with Gasteiger partial charge in [0.15, 0.2) is 5.11 Å². The van der Waals surface area contributed by atoms with Gasteiger partial charge in [0, 0.05) is 23.0 Å². The van der Waals surface area contributed by atoms with Crippen LogP contribution in [0.25, 0.3) is 0 Å². The lowest BCUT2D eigenvalue weighted by molar-refractivity contribution is 0.415. The monoisotopic (exact) mass is 378 g/mol. The number of benzene rings is 3. The number of methoxy groups -OCH3 is 1. The number of thiocarbonyl (C=S) groups is 1. The predicted molar refractivity (Wildman–Crippen MR) is 115 cm³/mol. The Labute approximate surface area is 165 Å². The van der Waals surface area contributed by atoms with E-state index in [1.165, 1.54) is 5.56 Å². The van der Waals surface area contributed by atoms with Crippen LogP contribution in [0.15, 0.2) is 72.8 Å². The molecule has 0 heterocycles. The summed E-state index contributed by atoms with van der Waals surface area (Å²) in [4.78, 5) is 1.94. The van der Waals surface area contributed by atoms with Crippen molar-refractivity contribution in [2.75, 3.05) is 17.3 Å². The summed E-state index contributed by atoms with van der Waals surface area (Å²) in [5.74, 6) is 0.983. The normalized spacial score (nSPS) is 10.3. The number of hydrogen-bond donors (Lipinski definition) is 2. The van der Waals surface area contributed by atoms with Gasteiger partial charge in [-0.2, -0.15) is 0 Å². The molecule has 0 aliphatic rings. The van der Waals surface area contributed by atoms with Crippen molar-refractivity contribution < 1.29 is 9.84 Å². The molecule has 0 atom stereocenters. The molecule has 0 unspecified atom stereocenters. The maximum Gasteiger partial charge on any atom is 0.178 e. The predicted octanol–water partition coefficient (Wildman–Crippen LogP) is 5.11. The van der Waals surface area contributed by atoms with Crippen molar-refractivity contribution in [3.05, 3.63) is 83.9 Å². The van der Waals surface area contributed by atoms with Crippen LogP contribution in [0.2, 0.25) is 0 Å². The van der Waals surface area contributed by atoms with Crippen LogP contribution in [-0.4, -0.2) is 17.3 Å². The second-order valence-electron chi connectivity index (χ2n) is 6.21. The quantitative estimate of drug-likeness (QED) is 0.604. The lowest BCUT2D eigenvalue weighted by Crippen LogP contribution is -2.34. The van der Waals surface area contributed by atoms with E-state index in [2.05, 4.69) is 5.32 Å². The number of hydrogen-bond acceptors (Lipinski definition) is 3. The number of phenolic OH excluding ortho intramolecular Hbond substituents is 1. The molecule has 138 valence electrons. The van der Waals surface area contributed by atoms with Crippen molar-refractivity contribution in [2.24, 2.45) is 0 Å². The lowest BCUT2D eigenvalue weighted by atomic mass is 10.1. The first-order valence-corrected chi connectivity index (χ1v) is 9.04. The van der Waals surface area contributed by atoms with Crippen LogP contribution in [0.1, 0.15) is 11.1 Å². The number of rotatable bonds is 5. The highest BCUT2D eigenvalue weighted by Crippen LogP contribution is 2.26. The van der Waals surface area contributed by atoms with Crippen LogP contribution in [0, 0.1) is 6.92 Å². The van der Waals surface area contributed by atoms with E-state index in [0.29, 0.717) is 11.7 Å². The van der Waals surface area contributed by atoms with E-state index in [9.17, 15) is 5.11 Å². The Morgan fingerprint density at radius 1 is 1.04 bits per heavy atom. The third kappa shape index (κ3) is 4.77. The van der Waals surface area contributed by atoms with Crippen LogP contribution in [0.4, 0.5) is 11.4 Å². The molecule has 0 saturated heterocycles. The fraction of sp³-hybridized carbons (Fsp3) is 0.136. The van der Waals surface area contributed by atoms with Gasteiger partial charge in [-0.1, -0.05) is 42.0 Å². The number of nitrogens with zero attached hydrogens (tertiary/aromatic N) is 1. The van der Waals surface area contributed by atoms with Gasteiger partial charge < -0.3 is 20.1 Å². The minimum absolute atomic E-state index is 0.239. The van der Waals surface area contributed by atoms with E-state index in [4.69, 9.17) is 17.0 Å². The first-order valence-electron chi connectivity index (χ1n) is 8.63. The second-order valence-corrected chi connectivity index (χ2v) is 6.60. The average molecular weight is 378 g/mol.